The van der Waals surface area contributed by atoms with Crippen LogP contribution in [0.4, 0.5) is 4.39 Å². The summed E-state index contributed by atoms with van der Waals surface area (Å²) in [6.07, 6.45) is 0. The molecule has 1 atom stereocenters. The van der Waals surface area contributed by atoms with Crippen molar-refractivity contribution in [3.05, 3.63) is 29.6 Å². The van der Waals surface area contributed by atoms with E-state index in [0.717, 1.165) is 0 Å². The summed E-state index contributed by atoms with van der Waals surface area (Å²) in [6, 6.07) is 4.53. The van der Waals surface area contributed by atoms with Gasteiger partial charge in [-0.3, -0.25) is 0 Å². The molecule has 0 spiro atoms. The van der Waals surface area contributed by atoms with Crippen LogP contribution in [0.2, 0.25) is 0 Å². The van der Waals surface area contributed by atoms with E-state index >= 15 is 0 Å². The molecular weight excluding hydrogens is 195 g/mol. The molecule has 1 aromatic carbocycles. The average molecular weight is 212 g/mol. The van der Waals surface area contributed by atoms with E-state index in [1.165, 1.54) is 19.2 Å². The Hall–Kier alpha value is -1.09. The van der Waals surface area contributed by atoms with Crippen molar-refractivity contribution in [2.45, 2.75) is 26.4 Å². The molecule has 1 N–H and O–H groups in total. The number of halogens is 1. The third-order valence-electron chi connectivity index (χ3n) is 2.86. The first-order chi connectivity index (χ1) is 6.89. The molecule has 0 fully saturated rings. The van der Waals surface area contributed by atoms with Crippen molar-refractivity contribution < 1.29 is 14.2 Å². The van der Waals surface area contributed by atoms with Gasteiger partial charge in [0.05, 0.1) is 12.7 Å². The van der Waals surface area contributed by atoms with Gasteiger partial charge < -0.3 is 9.84 Å². The second-order valence-electron chi connectivity index (χ2n) is 4.15. The molecule has 0 radical (unpaired) electrons. The van der Waals surface area contributed by atoms with E-state index in [0.29, 0.717) is 5.56 Å². The van der Waals surface area contributed by atoms with Gasteiger partial charge in [0.25, 0.3) is 0 Å². The molecule has 3 heteroatoms. The smallest absolute Gasteiger partial charge is 0.165 e. The first-order valence-electron chi connectivity index (χ1n) is 4.96. The predicted octanol–water partition coefficient (Wildman–Crippen LogP) is 2.70. The molecule has 0 aliphatic heterocycles. The van der Waals surface area contributed by atoms with Crippen molar-refractivity contribution in [2.75, 3.05) is 7.11 Å². The molecule has 0 aliphatic carbocycles. The molecule has 0 aromatic heterocycles. The lowest BCUT2D eigenvalue weighted by atomic mass is 9.85. The number of benzene rings is 1. The highest BCUT2D eigenvalue weighted by Crippen LogP contribution is 2.31. The van der Waals surface area contributed by atoms with Crippen molar-refractivity contribution in [3.8, 4) is 5.75 Å². The van der Waals surface area contributed by atoms with Gasteiger partial charge in [-0.1, -0.05) is 19.9 Å². The van der Waals surface area contributed by atoms with E-state index in [1.807, 2.05) is 13.8 Å². The highest BCUT2D eigenvalue weighted by atomic mass is 19.1. The Morgan fingerprint density at radius 2 is 2.00 bits per heavy atom. The predicted molar refractivity (Wildman–Crippen MR) is 57.4 cm³/mol. The van der Waals surface area contributed by atoms with Crippen molar-refractivity contribution >= 4 is 0 Å². The summed E-state index contributed by atoms with van der Waals surface area (Å²) in [4.78, 5) is 0. The van der Waals surface area contributed by atoms with Gasteiger partial charge in [0.2, 0.25) is 0 Å². The minimum atomic E-state index is -1.02. The minimum Gasteiger partial charge on any atom is -0.494 e. The van der Waals surface area contributed by atoms with Crippen LogP contribution >= 0.6 is 0 Å². The first-order valence-corrected chi connectivity index (χ1v) is 4.96. The number of hydrogen-bond donors (Lipinski definition) is 1. The monoisotopic (exact) mass is 212 g/mol. The number of methoxy groups -OCH3 is 1. The summed E-state index contributed by atoms with van der Waals surface area (Å²) in [6.45, 7) is 5.46. The van der Waals surface area contributed by atoms with Crippen LogP contribution < -0.4 is 4.74 Å². The van der Waals surface area contributed by atoms with Crippen LogP contribution in [0.5, 0.6) is 5.75 Å². The maximum atomic E-state index is 13.4. The van der Waals surface area contributed by atoms with Crippen LogP contribution in [0.25, 0.3) is 0 Å². The van der Waals surface area contributed by atoms with Crippen molar-refractivity contribution in [1.82, 2.24) is 0 Å². The number of rotatable bonds is 3. The van der Waals surface area contributed by atoms with E-state index in [1.54, 1.807) is 13.0 Å². The molecule has 0 bridgehead atoms. The fourth-order valence-electron chi connectivity index (χ4n) is 1.31. The largest absolute Gasteiger partial charge is 0.494 e. The lowest BCUT2D eigenvalue weighted by molar-refractivity contribution is 0.00872. The minimum absolute atomic E-state index is 0.0188. The van der Waals surface area contributed by atoms with Gasteiger partial charge in [-0.05, 0) is 30.5 Å². The molecule has 0 saturated heterocycles. The molecule has 1 rings (SSSR count). The zero-order valence-corrected chi connectivity index (χ0v) is 9.54. The highest BCUT2D eigenvalue weighted by Gasteiger charge is 2.27. The molecular formula is C12H17FO2. The Morgan fingerprint density at radius 3 is 2.40 bits per heavy atom. The second kappa shape index (κ2) is 4.19. The van der Waals surface area contributed by atoms with Crippen LogP contribution in [0, 0.1) is 11.7 Å². The summed E-state index contributed by atoms with van der Waals surface area (Å²) < 4.78 is 18.2. The number of hydrogen-bond acceptors (Lipinski definition) is 2. The Balaban J connectivity index is 3.12. The first kappa shape index (κ1) is 12.0. The fourth-order valence-corrected chi connectivity index (χ4v) is 1.31. The van der Waals surface area contributed by atoms with Gasteiger partial charge in [0.1, 0.15) is 0 Å². The van der Waals surface area contributed by atoms with Gasteiger partial charge in [-0.2, -0.15) is 0 Å². The van der Waals surface area contributed by atoms with E-state index in [-0.39, 0.29) is 11.7 Å². The van der Waals surface area contributed by atoms with Gasteiger partial charge in [-0.25, -0.2) is 4.39 Å². The standard InChI is InChI=1S/C12H17FO2/c1-8(2)12(3,14)9-5-6-11(15-4)10(13)7-9/h5-8,14H,1-4H3. The van der Waals surface area contributed by atoms with Crippen LogP contribution in [0.3, 0.4) is 0 Å². The summed E-state index contributed by atoms with van der Waals surface area (Å²) in [7, 11) is 1.42. The summed E-state index contributed by atoms with van der Waals surface area (Å²) in [5.41, 5.74) is -0.455. The second-order valence-corrected chi connectivity index (χ2v) is 4.15. The van der Waals surface area contributed by atoms with Gasteiger partial charge in [0.15, 0.2) is 11.6 Å². The molecule has 2 nitrogen and oxygen atoms in total. The molecule has 0 aliphatic rings. The van der Waals surface area contributed by atoms with Crippen molar-refractivity contribution in [2.24, 2.45) is 5.92 Å². The van der Waals surface area contributed by atoms with E-state index in [9.17, 15) is 9.50 Å². The summed E-state index contributed by atoms with van der Waals surface area (Å²) in [5, 5.41) is 10.1. The van der Waals surface area contributed by atoms with Crippen molar-refractivity contribution in [1.29, 1.82) is 0 Å². The van der Waals surface area contributed by atoms with Crippen molar-refractivity contribution in [3.63, 3.8) is 0 Å². The highest BCUT2D eigenvalue weighted by molar-refractivity contribution is 5.32. The third kappa shape index (κ3) is 2.29. The lowest BCUT2D eigenvalue weighted by Crippen LogP contribution is -2.28. The average Bonchev–Trinajstić information content (AvgIpc) is 2.17. The molecule has 1 unspecified atom stereocenters. The Morgan fingerprint density at radius 1 is 1.40 bits per heavy atom. The maximum Gasteiger partial charge on any atom is 0.165 e. The van der Waals surface area contributed by atoms with Crippen LogP contribution in [-0.4, -0.2) is 12.2 Å². The van der Waals surface area contributed by atoms with Gasteiger partial charge in [0, 0.05) is 0 Å². The van der Waals surface area contributed by atoms with Crippen LogP contribution in [0.15, 0.2) is 18.2 Å². The van der Waals surface area contributed by atoms with E-state index in [4.69, 9.17) is 4.74 Å². The lowest BCUT2D eigenvalue weighted by Gasteiger charge is -2.28. The van der Waals surface area contributed by atoms with Gasteiger partial charge in [-0.15, -0.1) is 0 Å². The molecule has 0 amide bonds. The fraction of sp³-hybridized carbons (Fsp3) is 0.500. The normalized spacial score (nSPS) is 15.1. The third-order valence-corrected chi connectivity index (χ3v) is 2.86. The Kier molecular flexibility index (Phi) is 3.35. The van der Waals surface area contributed by atoms with E-state index in [2.05, 4.69) is 0 Å². The number of ether oxygens (including phenoxy) is 1. The zero-order valence-electron chi connectivity index (χ0n) is 9.54. The molecule has 0 heterocycles. The zero-order chi connectivity index (χ0) is 11.6. The SMILES string of the molecule is COc1ccc(C(C)(O)C(C)C)cc1F. The van der Waals surface area contributed by atoms with Crippen LogP contribution in [-0.2, 0) is 5.60 Å². The maximum absolute atomic E-state index is 13.4. The summed E-state index contributed by atoms with van der Waals surface area (Å²) >= 11 is 0. The quantitative estimate of drug-likeness (QED) is 0.834. The Bertz CT molecular complexity index is 345. The molecule has 84 valence electrons. The number of aliphatic hydroxyl groups is 1. The molecule has 15 heavy (non-hydrogen) atoms. The molecule has 1 aromatic rings. The van der Waals surface area contributed by atoms with E-state index < -0.39 is 11.4 Å². The molecule has 0 saturated carbocycles. The van der Waals surface area contributed by atoms with Gasteiger partial charge >= 0.3 is 0 Å². The van der Waals surface area contributed by atoms with Crippen LogP contribution in [0.1, 0.15) is 26.3 Å². The summed E-state index contributed by atoms with van der Waals surface area (Å²) in [5.74, 6) is -0.237. The topological polar surface area (TPSA) is 29.5 Å². The Labute approximate surface area is 89.7 Å².